The Morgan fingerprint density at radius 1 is 0.732 bits per heavy atom. The summed E-state index contributed by atoms with van der Waals surface area (Å²) in [7, 11) is 0. The maximum atomic E-state index is 9.90. The van der Waals surface area contributed by atoms with Gasteiger partial charge in [-0.15, -0.1) is 0 Å². The predicted molar refractivity (Wildman–Crippen MR) is 161 cm³/mol. The fraction of sp³-hybridized carbons (Fsp3) is 0.265. The first kappa shape index (κ1) is 27.2. The van der Waals surface area contributed by atoms with Gasteiger partial charge in [0, 0.05) is 32.7 Å². The molecule has 0 saturated heterocycles. The van der Waals surface area contributed by atoms with E-state index in [2.05, 4.69) is 78.5 Å². The summed E-state index contributed by atoms with van der Waals surface area (Å²) < 4.78 is 0. The minimum Gasteiger partial charge on any atom is -0.235 e. The average molecular weight is 534 g/mol. The molecule has 0 unspecified atom stereocenters. The van der Waals surface area contributed by atoms with Crippen LogP contribution in [0.3, 0.4) is 0 Å². The van der Waals surface area contributed by atoms with E-state index in [0.29, 0.717) is 22.3 Å². The lowest BCUT2D eigenvalue weighted by Crippen LogP contribution is -2.18. The largest absolute Gasteiger partial charge is 0.235 e. The molecule has 1 aromatic heterocycles. The van der Waals surface area contributed by atoms with E-state index in [0.717, 1.165) is 43.8 Å². The van der Waals surface area contributed by atoms with E-state index in [1.165, 1.54) is 0 Å². The summed E-state index contributed by atoms with van der Waals surface area (Å²) in [5.74, 6) is 0. The second-order valence-corrected chi connectivity index (χ2v) is 12.4. The number of aromatic nitrogens is 2. The molecule has 0 spiro atoms. The van der Waals surface area contributed by atoms with E-state index in [1.807, 2.05) is 18.2 Å². The zero-order valence-electron chi connectivity index (χ0n) is 24.1. The van der Waals surface area contributed by atoms with Crippen LogP contribution in [0, 0.1) is 45.3 Å². The lowest BCUT2D eigenvalue weighted by atomic mass is 9.75. The maximum absolute atomic E-state index is 9.90. The SMILES string of the molecule is C=C1C(=N/C(C#N)=C(\C)C#N)c2cc(C(C)(C)C)cc3c4nc(C#N)c(C#N)nc4c4cc(C(C)(C)C)cc1c4c23. The number of hydrogen-bond acceptors (Lipinski definition) is 7. The van der Waals surface area contributed by atoms with Gasteiger partial charge in [-0.05, 0) is 58.7 Å². The quantitative estimate of drug-likeness (QED) is 0.185. The van der Waals surface area contributed by atoms with Crippen LogP contribution >= 0.6 is 0 Å². The lowest BCUT2D eigenvalue weighted by Gasteiger charge is -2.29. The minimum absolute atomic E-state index is 0.0236. The van der Waals surface area contributed by atoms with Crippen LogP contribution in [0.25, 0.3) is 38.2 Å². The molecular weight excluding hydrogens is 506 g/mol. The molecule has 0 saturated carbocycles. The standard InChI is InChI=1S/C34H27N7/c1-17(13-35)25(14-36)39-30-18(2)21-9-19(33(3,4)5)11-23-28(21)29-22(30)10-20(34(6,7)8)12-24(29)32-31(23)40-26(15-37)27(16-38)41-32/h9-12H,2H2,1,3-8H3/b25-17+,39-30?. The summed E-state index contributed by atoms with van der Waals surface area (Å²) in [5, 5.41) is 42.4. The van der Waals surface area contributed by atoms with Crippen molar-refractivity contribution in [1.29, 1.82) is 21.0 Å². The Balaban J connectivity index is 2.17. The number of aliphatic imine (C=N–C) groups is 1. The third-order valence-corrected chi connectivity index (χ3v) is 7.60. The Kier molecular flexibility index (Phi) is 6.03. The van der Waals surface area contributed by atoms with E-state index in [4.69, 9.17) is 15.0 Å². The van der Waals surface area contributed by atoms with Gasteiger partial charge in [0.25, 0.3) is 0 Å². The van der Waals surface area contributed by atoms with Gasteiger partial charge in [-0.1, -0.05) is 48.1 Å². The van der Waals surface area contributed by atoms with Gasteiger partial charge in [0.2, 0.25) is 0 Å². The summed E-state index contributed by atoms with van der Waals surface area (Å²) in [6.45, 7) is 18.7. The molecule has 1 aliphatic rings. The summed E-state index contributed by atoms with van der Waals surface area (Å²) in [6, 6.07) is 16.5. The van der Waals surface area contributed by atoms with Crippen LogP contribution in [0.2, 0.25) is 0 Å². The number of benzene rings is 3. The van der Waals surface area contributed by atoms with Gasteiger partial charge < -0.3 is 0 Å². The fourth-order valence-electron chi connectivity index (χ4n) is 5.23. The summed E-state index contributed by atoms with van der Waals surface area (Å²) >= 11 is 0. The Bertz CT molecular complexity index is 2120. The van der Waals surface area contributed by atoms with Crippen LogP contribution in [0.5, 0.6) is 0 Å². The number of rotatable bonds is 1. The molecule has 3 aromatic carbocycles. The van der Waals surface area contributed by atoms with Crippen molar-refractivity contribution in [2.45, 2.75) is 59.3 Å². The van der Waals surface area contributed by atoms with E-state index in [9.17, 15) is 21.0 Å². The van der Waals surface area contributed by atoms with Crippen LogP contribution in [-0.4, -0.2) is 15.7 Å². The van der Waals surface area contributed by atoms with E-state index < -0.39 is 0 Å². The molecule has 1 heterocycles. The number of nitrogens with zero attached hydrogens (tertiary/aromatic N) is 7. The van der Waals surface area contributed by atoms with Crippen LogP contribution in [-0.2, 0) is 10.8 Å². The number of hydrogen-bond donors (Lipinski definition) is 0. The molecule has 0 aliphatic heterocycles. The minimum atomic E-state index is -0.274. The van der Waals surface area contributed by atoms with Crippen molar-refractivity contribution >= 4 is 43.9 Å². The molecule has 0 N–H and O–H groups in total. The number of nitriles is 4. The predicted octanol–water partition coefficient (Wildman–Crippen LogP) is 7.41. The zero-order chi connectivity index (χ0) is 30.0. The van der Waals surface area contributed by atoms with Crippen molar-refractivity contribution in [2.75, 3.05) is 0 Å². The Hall–Kier alpha value is -5.37. The molecule has 41 heavy (non-hydrogen) atoms. The fourth-order valence-corrected chi connectivity index (χ4v) is 5.23. The highest BCUT2D eigenvalue weighted by molar-refractivity contribution is 6.44. The highest BCUT2D eigenvalue weighted by atomic mass is 14.8. The van der Waals surface area contributed by atoms with E-state index in [1.54, 1.807) is 6.92 Å². The molecule has 1 aliphatic carbocycles. The molecular formula is C34H27N7. The van der Waals surface area contributed by atoms with Crippen LogP contribution < -0.4 is 0 Å². The van der Waals surface area contributed by atoms with Gasteiger partial charge in [-0.2, -0.15) is 21.0 Å². The normalized spacial score (nSPS) is 14.6. The van der Waals surface area contributed by atoms with Crippen molar-refractivity contribution in [3.8, 4) is 24.3 Å². The first-order valence-electron chi connectivity index (χ1n) is 13.1. The monoisotopic (exact) mass is 533 g/mol. The van der Waals surface area contributed by atoms with Crippen molar-refractivity contribution in [3.05, 3.63) is 75.8 Å². The van der Waals surface area contributed by atoms with Gasteiger partial charge in [0.1, 0.15) is 18.2 Å². The number of allylic oxidation sites excluding steroid dienone is 3. The molecule has 198 valence electrons. The van der Waals surface area contributed by atoms with Gasteiger partial charge in [0.05, 0.1) is 28.4 Å². The molecule has 5 rings (SSSR count). The Labute approximate surface area is 239 Å². The van der Waals surface area contributed by atoms with Crippen LogP contribution in [0.1, 0.15) is 82.1 Å². The zero-order valence-corrected chi connectivity index (χ0v) is 24.1. The molecule has 0 radical (unpaired) electrons. The van der Waals surface area contributed by atoms with Crippen molar-refractivity contribution in [2.24, 2.45) is 4.99 Å². The molecule has 7 nitrogen and oxygen atoms in total. The second-order valence-electron chi connectivity index (χ2n) is 12.4. The van der Waals surface area contributed by atoms with Crippen LogP contribution in [0.15, 0.2) is 47.1 Å². The Morgan fingerprint density at radius 3 is 1.61 bits per heavy atom. The van der Waals surface area contributed by atoms with Crippen molar-refractivity contribution in [1.82, 2.24) is 9.97 Å². The van der Waals surface area contributed by atoms with Crippen molar-refractivity contribution < 1.29 is 0 Å². The molecule has 0 bridgehead atoms. The summed E-state index contributed by atoms with van der Waals surface area (Å²) in [4.78, 5) is 14.2. The van der Waals surface area contributed by atoms with Crippen LogP contribution in [0.4, 0.5) is 0 Å². The third kappa shape index (κ3) is 4.12. The molecule has 4 aromatic rings. The Morgan fingerprint density at radius 2 is 1.20 bits per heavy atom. The molecule has 0 amide bonds. The molecule has 0 atom stereocenters. The first-order valence-corrected chi connectivity index (χ1v) is 13.1. The van der Waals surface area contributed by atoms with E-state index >= 15 is 0 Å². The molecule has 0 fully saturated rings. The second kappa shape index (κ2) is 9.09. The summed E-state index contributed by atoms with van der Waals surface area (Å²) in [6.07, 6.45) is 0. The number of fused-ring (bicyclic) bond motifs is 3. The smallest absolute Gasteiger partial charge is 0.177 e. The average Bonchev–Trinajstić information content (AvgIpc) is 2.93. The lowest BCUT2D eigenvalue weighted by molar-refractivity contribution is 0.590. The van der Waals surface area contributed by atoms with Gasteiger partial charge in [-0.25, -0.2) is 15.0 Å². The maximum Gasteiger partial charge on any atom is 0.177 e. The molecule has 7 heteroatoms. The van der Waals surface area contributed by atoms with Gasteiger partial charge in [-0.3, -0.25) is 0 Å². The third-order valence-electron chi connectivity index (χ3n) is 7.60. The highest BCUT2D eigenvalue weighted by Crippen LogP contribution is 2.47. The van der Waals surface area contributed by atoms with Gasteiger partial charge >= 0.3 is 0 Å². The topological polar surface area (TPSA) is 133 Å². The highest BCUT2D eigenvalue weighted by Gasteiger charge is 2.31. The van der Waals surface area contributed by atoms with Crippen molar-refractivity contribution in [3.63, 3.8) is 0 Å². The van der Waals surface area contributed by atoms with Gasteiger partial charge in [0.15, 0.2) is 17.1 Å². The van der Waals surface area contributed by atoms with E-state index in [-0.39, 0.29) is 33.5 Å². The summed E-state index contributed by atoms with van der Waals surface area (Å²) in [5.41, 5.74) is 5.46. The first-order chi connectivity index (χ1) is 19.2.